The Morgan fingerprint density at radius 1 is 1.16 bits per heavy atom. The molecule has 0 aliphatic rings. The molecule has 25 heavy (non-hydrogen) atoms. The molecule has 0 saturated heterocycles. The Labute approximate surface area is 148 Å². The van der Waals surface area contributed by atoms with Gasteiger partial charge in [0.15, 0.2) is 11.5 Å². The number of hydrogen-bond acceptors (Lipinski definition) is 4. The highest BCUT2D eigenvalue weighted by molar-refractivity contribution is 5.95. The Balaban J connectivity index is 2.03. The molecule has 0 fully saturated rings. The molecule has 1 amide bonds. The molecule has 0 heterocycles. The number of rotatable bonds is 7. The normalized spacial score (nSPS) is 10.9. The van der Waals surface area contributed by atoms with Gasteiger partial charge < -0.3 is 9.47 Å². The first-order valence-electron chi connectivity index (χ1n) is 8.30. The number of hydrazone groups is 1. The first-order valence-corrected chi connectivity index (χ1v) is 8.30. The van der Waals surface area contributed by atoms with Gasteiger partial charge >= 0.3 is 0 Å². The molecule has 0 bridgehead atoms. The lowest BCUT2D eigenvalue weighted by Crippen LogP contribution is -2.18. The van der Waals surface area contributed by atoms with Gasteiger partial charge in [0.25, 0.3) is 5.91 Å². The van der Waals surface area contributed by atoms with Crippen molar-refractivity contribution >= 4 is 12.1 Å². The second-order valence-corrected chi connectivity index (χ2v) is 5.83. The zero-order chi connectivity index (χ0) is 18.2. The van der Waals surface area contributed by atoms with Gasteiger partial charge in [-0.3, -0.25) is 4.79 Å². The van der Waals surface area contributed by atoms with E-state index >= 15 is 0 Å². The van der Waals surface area contributed by atoms with Crippen LogP contribution in [0.1, 0.15) is 42.3 Å². The van der Waals surface area contributed by atoms with E-state index in [0.29, 0.717) is 17.1 Å². The number of methoxy groups -OCH3 is 1. The van der Waals surface area contributed by atoms with E-state index in [1.807, 2.05) is 38.1 Å². The summed E-state index contributed by atoms with van der Waals surface area (Å²) in [6.07, 6.45) is 2.63. The number of carbonyl (C=O) groups excluding carboxylic acids is 1. The van der Waals surface area contributed by atoms with Crippen LogP contribution in [0.25, 0.3) is 0 Å². The number of benzene rings is 2. The summed E-state index contributed by atoms with van der Waals surface area (Å²) in [4.78, 5) is 12.2. The van der Waals surface area contributed by atoms with Crippen LogP contribution in [0.5, 0.6) is 11.5 Å². The van der Waals surface area contributed by atoms with Crippen LogP contribution in [0.3, 0.4) is 0 Å². The summed E-state index contributed by atoms with van der Waals surface area (Å²) >= 11 is 0. The summed E-state index contributed by atoms with van der Waals surface area (Å²) in [5, 5.41) is 4.00. The molecular formula is C20H24N2O3. The van der Waals surface area contributed by atoms with Crippen molar-refractivity contribution in [3.8, 4) is 11.5 Å². The summed E-state index contributed by atoms with van der Waals surface area (Å²) in [7, 11) is 1.54. The molecule has 0 radical (unpaired) electrons. The lowest BCUT2D eigenvalue weighted by atomic mass is 10.1. The number of nitrogens with one attached hydrogen (secondary N) is 1. The molecule has 132 valence electrons. The predicted octanol–water partition coefficient (Wildman–Crippen LogP) is 3.81. The van der Waals surface area contributed by atoms with Gasteiger partial charge in [0.05, 0.1) is 19.4 Å². The van der Waals surface area contributed by atoms with Crippen molar-refractivity contribution in [1.29, 1.82) is 0 Å². The SMILES string of the molecule is CCc1ccc(/C=N\NC(=O)c2ccc(OC(C)C)c(OC)c2)cc1. The van der Waals surface area contributed by atoms with Crippen LogP contribution in [-0.4, -0.2) is 25.3 Å². The van der Waals surface area contributed by atoms with Crippen molar-refractivity contribution in [2.75, 3.05) is 7.11 Å². The molecule has 2 aromatic rings. The molecule has 5 nitrogen and oxygen atoms in total. The Kier molecular flexibility index (Phi) is 6.57. The molecule has 0 atom stereocenters. The predicted molar refractivity (Wildman–Crippen MR) is 99.6 cm³/mol. The molecule has 0 aliphatic carbocycles. The second kappa shape index (κ2) is 8.87. The standard InChI is InChI=1S/C20H24N2O3/c1-5-15-6-8-16(9-7-15)13-21-22-20(23)17-10-11-18(25-14(2)3)19(12-17)24-4/h6-14H,5H2,1-4H3,(H,22,23)/b21-13-. The molecular weight excluding hydrogens is 316 g/mol. The van der Waals surface area contributed by atoms with E-state index in [4.69, 9.17) is 9.47 Å². The lowest BCUT2D eigenvalue weighted by Gasteiger charge is -2.14. The molecule has 2 aromatic carbocycles. The highest BCUT2D eigenvalue weighted by atomic mass is 16.5. The minimum Gasteiger partial charge on any atom is -0.493 e. The maximum absolute atomic E-state index is 12.2. The van der Waals surface area contributed by atoms with E-state index < -0.39 is 0 Å². The van der Waals surface area contributed by atoms with Crippen molar-refractivity contribution in [3.05, 3.63) is 59.2 Å². The second-order valence-electron chi connectivity index (χ2n) is 5.83. The quantitative estimate of drug-likeness (QED) is 0.616. The van der Waals surface area contributed by atoms with Crippen molar-refractivity contribution in [2.24, 2.45) is 5.10 Å². The largest absolute Gasteiger partial charge is 0.493 e. The number of carbonyl (C=O) groups is 1. The van der Waals surface area contributed by atoms with E-state index in [0.717, 1.165) is 12.0 Å². The molecule has 0 unspecified atom stereocenters. The average molecular weight is 340 g/mol. The maximum Gasteiger partial charge on any atom is 0.271 e. The molecule has 5 heteroatoms. The van der Waals surface area contributed by atoms with Crippen molar-refractivity contribution in [2.45, 2.75) is 33.3 Å². The van der Waals surface area contributed by atoms with Crippen LogP contribution in [-0.2, 0) is 6.42 Å². The first kappa shape index (κ1) is 18.5. The summed E-state index contributed by atoms with van der Waals surface area (Å²) in [5.41, 5.74) is 5.16. The fourth-order valence-corrected chi connectivity index (χ4v) is 2.23. The van der Waals surface area contributed by atoms with Gasteiger partial charge in [0.1, 0.15) is 0 Å². The summed E-state index contributed by atoms with van der Waals surface area (Å²) in [5.74, 6) is 0.810. The Morgan fingerprint density at radius 3 is 2.48 bits per heavy atom. The Morgan fingerprint density at radius 2 is 1.88 bits per heavy atom. The van der Waals surface area contributed by atoms with E-state index in [1.165, 1.54) is 5.56 Å². The van der Waals surface area contributed by atoms with Gasteiger partial charge in [0, 0.05) is 5.56 Å². The van der Waals surface area contributed by atoms with Crippen LogP contribution in [0.2, 0.25) is 0 Å². The molecule has 0 spiro atoms. The summed E-state index contributed by atoms with van der Waals surface area (Å²) in [6, 6.07) is 13.1. The van der Waals surface area contributed by atoms with E-state index in [2.05, 4.69) is 17.5 Å². The molecule has 1 N–H and O–H groups in total. The topological polar surface area (TPSA) is 59.9 Å². The molecule has 0 aliphatic heterocycles. The van der Waals surface area contributed by atoms with E-state index in [9.17, 15) is 4.79 Å². The number of ether oxygens (including phenoxy) is 2. The zero-order valence-corrected chi connectivity index (χ0v) is 15.1. The third kappa shape index (κ3) is 5.35. The van der Waals surface area contributed by atoms with Gasteiger partial charge in [-0.25, -0.2) is 5.43 Å². The molecule has 2 rings (SSSR count). The number of hydrogen-bond donors (Lipinski definition) is 1. The third-order valence-corrected chi connectivity index (χ3v) is 3.56. The Bertz CT molecular complexity index is 737. The minimum atomic E-state index is -0.309. The Hall–Kier alpha value is -2.82. The smallest absolute Gasteiger partial charge is 0.271 e. The fourth-order valence-electron chi connectivity index (χ4n) is 2.23. The van der Waals surface area contributed by atoms with E-state index in [1.54, 1.807) is 31.5 Å². The first-order chi connectivity index (χ1) is 12.0. The maximum atomic E-state index is 12.2. The van der Waals surface area contributed by atoms with Gasteiger partial charge in [-0.05, 0) is 49.6 Å². The number of nitrogens with zero attached hydrogens (tertiary/aromatic N) is 1. The van der Waals surface area contributed by atoms with Gasteiger partial charge in [-0.15, -0.1) is 0 Å². The van der Waals surface area contributed by atoms with Crippen LogP contribution < -0.4 is 14.9 Å². The third-order valence-electron chi connectivity index (χ3n) is 3.56. The van der Waals surface area contributed by atoms with Crippen molar-refractivity contribution in [3.63, 3.8) is 0 Å². The molecule has 0 saturated carbocycles. The number of amides is 1. The van der Waals surface area contributed by atoms with Gasteiger partial charge in [0.2, 0.25) is 0 Å². The monoisotopic (exact) mass is 340 g/mol. The summed E-state index contributed by atoms with van der Waals surface area (Å²) < 4.78 is 10.9. The van der Waals surface area contributed by atoms with Gasteiger partial charge in [-0.1, -0.05) is 31.2 Å². The average Bonchev–Trinajstić information content (AvgIpc) is 2.62. The van der Waals surface area contributed by atoms with E-state index in [-0.39, 0.29) is 12.0 Å². The van der Waals surface area contributed by atoms with Crippen molar-refractivity contribution in [1.82, 2.24) is 5.43 Å². The number of aryl methyl sites for hydroxylation is 1. The highest BCUT2D eigenvalue weighted by Crippen LogP contribution is 2.28. The van der Waals surface area contributed by atoms with Crippen LogP contribution in [0.4, 0.5) is 0 Å². The summed E-state index contributed by atoms with van der Waals surface area (Å²) in [6.45, 7) is 5.97. The zero-order valence-electron chi connectivity index (χ0n) is 15.1. The minimum absolute atomic E-state index is 0.0253. The van der Waals surface area contributed by atoms with Crippen LogP contribution >= 0.6 is 0 Å². The van der Waals surface area contributed by atoms with Crippen LogP contribution in [0.15, 0.2) is 47.6 Å². The van der Waals surface area contributed by atoms with Gasteiger partial charge in [-0.2, -0.15) is 5.10 Å². The highest BCUT2D eigenvalue weighted by Gasteiger charge is 2.11. The van der Waals surface area contributed by atoms with Crippen LogP contribution in [0, 0.1) is 0 Å². The van der Waals surface area contributed by atoms with Crippen molar-refractivity contribution < 1.29 is 14.3 Å². The fraction of sp³-hybridized carbons (Fsp3) is 0.300. The molecule has 0 aromatic heterocycles. The lowest BCUT2D eigenvalue weighted by molar-refractivity contribution is 0.0954.